The van der Waals surface area contributed by atoms with Crippen LogP contribution in [-0.4, -0.2) is 10.2 Å². The maximum absolute atomic E-state index is 5.84. The number of nitrogens with zero attached hydrogens (tertiary/aromatic N) is 2. The van der Waals surface area contributed by atoms with Crippen LogP contribution in [0.1, 0.15) is 75.4 Å². The van der Waals surface area contributed by atoms with Crippen molar-refractivity contribution in [2.75, 3.05) is 0 Å². The Morgan fingerprint density at radius 3 is 2.82 bits per heavy atom. The van der Waals surface area contributed by atoms with E-state index in [1.807, 2.05) is 0 Å². The molecule has 0 spiro atoms. The number of halogens is 1. The van der Waals surface area contributed by atoms with E-state index in [9.17, 15) is 0 Å². The summed E-state index contributed by atoms with van der Waals surface area (Å²) < 4.78 is 5.84. The molecule has 1 aliphatic carbocycles. The Kier molecular flexibility index (Phi) is 3.91. The van der Waals surface area contributed by atoms with E-state index in [1.165, 1.54) is 25.7 Å². The highest BCUT2D eigenvalue weighted by Crippen LogP contribution is 2.46. The second-order valence-corrected chi connectivity index (χ2v) is 6.75. The molecule has 0 bridgehead atoms. The molecular weight excluding hydrogens is 280 g/mol. The zero-order valence-corrected chi connectivity index (χ0v) is 12.5. The van der Waals surface area contributed by atoms with Gasteiger partial charge in [0.25, 0.3) is 0 Å². The summed E-state index contributed by atoms with van der Waals surface area (Å²) >= 11 is 3.55. The van der Waals surface area contributed by atoms with Gasteiger partial charge in [0.1, 0.15) is 0 Å². The van der Waals surface area contributed by atoms with Crippen LogP contribution in [0.4, 0.5) is 0 Å². The predicted octanol–water partition coefficient (Wildman–Crippen LogP) is 4.60. The SMILES string of the molecule is CCC(Br)c1nnc(C2CCCCC2(C)C)o1. The molecule has 4 heteroatoms. The highest BCUT2D eigenvalue weighted by atomic mass is 79.9. The lowest BCUT2D eigenvalue weighted by atomic mass is 9.69. The largest absolute Gasteiger partial charge is 0.424 e. The summed E-state index contributed by atoms with van der Waals surface area (Å²) in [6.07, 6.45) is 5.99. The van der Waals surface area contributed by atoms with Crippen LogP contribution in [0.25, 0.3) is 0 Å². The fraction of sp³-hybridized carbons (Fsp3) is 0.846. The van der Waals surface area contributed by atoms with Crippen molar-refractivity contribution >= 4 is 15.9 Å². The van der Waals surface area contributed by atoms with Crippen LogP contribution in [0.3, 0.4) is 0 Å². The molecular formula is C13H21BrN2O. The standard InChI is InChI=1S/C13H21BrN2O/c1-4-10(14)12-16-15-11(17-12)9-7-5-6-8-13(9,2)3/h9-10H,4-8H2,1-3H3. The van der Waals surface area contributed by atoms with Crippen molar-refractivity contribution in [3.05, 3.63) is 11.8 Å². The predicted molar refractivity (Wildman–Crippen MR) is 71.2 cm³/mol. The molecule has 2 rings (SSSR count). The normalized spacial score (nSPS) is 25.8. The van der Waals surface area contributed by atoms with E-state index in [-0.39, 0.29) is 10.2 Å². The topological polar surface area (TPSA) is 38.9 Å². The molecule has 1 fully saturated rings. The van der Waals surface area contributed by atoms with Gasteiger partial charge in [0.2, 0.25) is 11.8 Å². The first kappa shape index (κ1) is 13.1. The van der Waals surface area contributed by atoms with Gasteiger partial charge in [-0.15, -0.1) is 10.2 Å². The Bertz CT molecular complexity index is 375. The van der Waals surface area contributed by atoms with Crippen LogP contribution in [0.5, 0.6) is 0 Å². The van der Waals surface area contributed by atoms with E-state index < -0.39 is 0 Å². The summed E-state index contributed by atoms with van der Waals surface area (Å²) in [6, 6.07) is 0. The third-order valence-electron chi connectivity index (χ3n) is 3.89. The smallest absolute Gasteiger partial charge is 0.230 e. The Balaban J connectivity index is 2.18. The summed E-state index contributed by atoms with van der Waals surface area (Å²) in [5.74, 6) is 1.99. The lowest BCUT2D eigenvalue weighted by Crippen LogP contribution is -2.26. The Morgan fingerprint density at radius 1 is 1.41 bits per heavy atom. The molecule has 1 aromatic heterocycles. The molecule has 1 heterocycles. The number of alkyl halides is 1. The van der Waals surface area contributed by atoms with Gasteiger partial charge in [-0.3, -0.25) is 0 Å². The summed E-state index contributed by atoms with van der Waals surface area (Å²) in [7, 11) is 0. The van der Waals surface area contributed by atoms with Crippen LogP contribution < -0.4 is 0 Å². The van der Waals surface area contributed by atoms with Crippen molar-refractivity contribution in [3.8, 4) is 0 Å². The van der Waals surface area contributed by atoms with Gasteiger partial charge in [-0.1, -0.05) is 49.5 Å². The van der Waals surface area contributed by atoms with Crippen LogP contribution in [-0.2, 0) is 0 Å². The Labute approximate surface area is 112 Å². The van der Waals surface area contributed by atoms with E-state index in [4.69, 9.17) is 4.42 Å². The minimum atomic E-state index is 0.190. The lowest BCUT2D eigenvalue weighted by molar-refractivity contribution is 0.171. The quantitative estimate of drug-likeness (QED) is 0.766. The molecule has 0 aliphatic heterocycles. The number of rotatable bonds is 3. The van der Waals surface area contributed by atoms with Crippen molar-refractivity contribution in [2.45, 2.75) is 63.6 Å². The third-order valence-corrected chi connectivity index (χ3v) is 4.93. The van der Waals surface area contributed by atoms with Crippen LogP contribution in [0.15, 0.2) is 4.42 Å². The first-order valence-electron chi connectivity index (χ1n) is 6.52. The molecule has 3 nitrogen and oxygen atoms in total. The molecule has 2 unspecified atom stereocenters. The van der Waals surface area contributed by atoms with Crippen molar-refractivity contribution < 1.29 is 4.42 Å². The molecule has 1 aromatic rings. The Hall–Kier alpha value is -0.380. The summed E-state index contributed by atoms with van der Waals surface area (Å²) in [5, 5.41) is 8.42. The van der Waals surface area contributed by atoms with E-state index in [1.54, 1.807) is 0 Å². The number of hydrogen-bond donors (Lipinski definition) is 0. The van der Waals surface area contributed by atoms with Crippen molar-refractivity contribution in [3.63, 3.8) is 0 Å². The van der Waals surface area contributed by atoms with Crippen molar-refractivity contribution in [2.24, 2.45) is 5.41 Å². The van der Waals surface area contributed by atoms with E-state index in [0.717, 1.165) is 18.2 Å². The van der Waals surface area contributed by atoms with Gasteiger partial charge in [-0.2, -0.15) is 0 Å². The molecule has 1 aliphatic rings. The monoisotopic (exact) mass is 300 g/mol. The minimum absolute atomic E-state index is 0.190. The van der Waals surface area contributed by atoms with Gasteiger partial charge in [-0.25, -0.2) is 0 Å². The van der Waals surface area contributed by atoms with Crippen molar-refractivity contribution in [1.29, 1.82) is 0 Å². The lowest BCUT2D eigenvalue weighted by Gasteiger charge is -2.36. The second kappa shape index (κ2) is 5.09. The fourth-order valence-corrected chi connectivity index (χ4v) is 2.83. The van der Waals surface area contributed by atoms with Crippen LogP contribution in [0.2, 0.25) is 0 Å². The molecule has 0 aromatic carbocycles. The van der Waals surface area contributed by atoms with Gasteiger partial charge in [0.05, 0.1) is 4.83 Å². The van der Waals surface area contributed by atoms with E-state index >= 15 is 0 Å². The van der Waals surface area contributed by atoms with Gasteiger partial charge in [0, 0.05) is 5.92 Å². The van der Waals surface area contributed by atoms with Gasteiger partial charge >= 0.3 is 0 Å². The molecule has 17 heavy (non-hydrogen) atoms. The molecule has 0 saturated heterocycles. The summed E-state index contributed by atoms with van der Waals surface area (Å²) in [5.41, 5.74) is 0.288. The Morgan fingerprint density at radius 2 is 2.18 bits per heavy atom. The molecule has 0 radical (unpaired) electrons. The second-order valence-electron chi connectivity index (χ2n) is 5.64. The molecule has 96 valence electrons. The van der Waals surface area contributed by atoms with E-state index in [2.05, 4.69) is 46.9 Å². The van der Waals surface area contributed by atoms with Crippen LogP contribution in [0, 0.1) is 5.41 Å². The highest BCUT2D eigenvalue weighted by molar-refractivity contribution is 9.09. The van der Waals surface area contributed by atoms with Gasteiger partial charge in [0.15, 0.2) is 0 Å². The van der Waals surface area contributed by atoms with E-state index in [0.29, 0.717) is 5.92 Å². The van der Waals surface area contributed by atoms with Gasteiger partial charge in [-0.05, 0) is 24.7 Å². The zero-order valence-electron chi connectivity index (χ0n) is 10.9. The summed E-state index contributed by atoms with van der Waals surface area (Å²) in [6.45, 7) is 6.73. The zero-order chi connectivity index (χ0) is 12.5. The highest BCUT2D eigenvalue weighted by Gasteiger charge is 2.37. The average Bonchev–Trinajstić information content (AvgIpc) is 2.76. The van der Waals surface area contributed by atoms with Crippen molar-refractivity contribution in [1.82, 2.24) is 10.2 Å². The van der Waals surface area contributed by atoms with Gasteiger partial charge < -0.3 is 4.42 Å². The molecule has 2 atom stereocenters. The first-order chi connectivity index (χ1) is 8.04. The molecule has 0 N–H and O–H groups in total. The maximum atomic E-state index is 5.84. The molecule has 0 amide bonds. The number of hydrogen-bond acceptors (Lipinski definition) is 3. The summed E-state index contributed by atoms with van der Waals surface area (Å²) in [4.78, 5) is 0.190. The fourth-order valence-electron chi connectivity index (χ4n) is 2.64. The minimum Gasteiger partial charge on any atom is -0.424 e. The average molecular weight is 301 g/mol. The third kappa shape index (κ3) is 2.72. The first-order valence-corrected chi connectivity index (χ1v) is 7.43. The molecule has 1 saturated carbocycles. The number of aromatic nitrogens is 2. The van der Waals surface area contributed by atoms with Crippen LogP contribution >= 0.6 is 15.9 Å². The maximum Gasteiger partial charge on any atom is 0.230 e.